The first kappa shape index (κ1) is 38.8. The van der Waals surface area contributed by atoms with E-state index in [0.717, 1.165) is 51.7 Å². The van der Waals surface area contributed by atoms with E-state index in [0.29, 0.717) is 0 Å². The molecule has 0 radical (unpaired) electrons. The van der Waals surface area contributed by atoms with Gasteiger partial charge in [-0.3, -0.25) is 9.56 Å². The van der Waals surface area contributed by atoms with Crippen LogP contribution >= 0.6 is 0 Å². The Bertz CT molecular complexity index is 2870. The largest absolute Gasteiger partial charge is 0.457 e. The smallest absolute Gasteiger partial charge is 0.137 e. The number of anilines is 1. The van der Waals surface area contributed by atoms with E-state index in [4.69, 9.17) is 14.7 Å². The van der Waals surface area contributed by atoms with E-state index >= 15 is 0 Å². The standard InChI is InChI=1S/C54H58N4O/c1-32-14-20-44-38(26-32)31-53(12)54(44,13)56-50(58(53)49-35(4)24-33(2)25-36(49)5)37-16-15-34(3)47(27-37)59-41-18-19-42-43-28-39(51(6,7)8)17-21-45(43)57(46(42)30-41)48-29-40(22-23-55-48)52(9,10)11/h14-30H,31H2,1-13H3/t53-,54+/m0/s1. The Hall–Kier alpha value is -5.68. The number of rotatable bonds is 5. The number of fused-ring (bicyclic) bond motifs is 6. The lowest BCUT2D eigenvalue weighted by atomic mass is 9.79. The minimum atomic E-state index is -0.440. The fraction of sp³-hybridized carbons (Fsp3) is 0.333. The molecule has 5 aromatic carbocycles. The van der Waals surface area contributed by atoms with Crippen LogP contribution in [0.25, 0.3) is 27.6 Å². The first-order valence-electron chi connectivity index (χ1n) is 21.2. The Morgan fingerprint density at radius 1 is 0.627 bits per heavy atom. The Kier molecular flexibility index (Phi) is 8.66. The number of hydrogen-bond donors (Lipinski definition) is 0. The minimum Gasteiger partial charge on any atom is -0.457 e. The summed E-state index contributed by atoms with van der Waals surface area (Å²) in [6.45, 7) is 29.3. The summed E-state index contributed by atoms with van der Waals surface area (Å²) in [5.74, 6) is 3.48. The van der Waals surface area contributed by atoms with Crippen molar-refractivity contribution in [1.29, 1.82) is 0 Å². The van der Waals surface area contributed by atoms with Gasteiger partial charge in [0.1, 0.15) is 28.7 Å². The zero-order valence-corrected chi connectivity index (χ0v) is 37.2. The normalized spacial score (nSPS) is 19.1. The van der Waals surface area contributed by atoms with Crippen molar-refractivity contribution in [2.45, 2.75) is 118 Å². The Labute approximate surface area is 350 Å². The van der Waals surface area contributed by atoms with E-state index in [1.54, 1.807) is 0 Å². The average Bonchev–Trinajstić information content (AvgIpc) is 3.68. The van der Waals surface area contributed by atoms with Crippen molar-refractivity contribution in [3.05, 3.63) is 159 Å². The highest BCUT2D eigenvalue weighted by Crippen LogP contribution is 2.57. The number of ether oxygens (including phenoxy) is 1. The summed E-state index contributed by atoms with van der Waals surface area (Å²) >= 11 is 0. The number of aryl methyl sites for hydroxylation is 5. The van der Waals surface area contributed by atoms with Crippen LogP contribution in [0.1, 0.15) is 111 Å². The third-order valence-corrected chi connectivity index (χ3v) is 13.4. The van der Waals surface area contributed by atoms with Crippen LogP contribution in [0, 0.1) is 34.6 Å². The third-order valence-electron chi connectivity index (χ3n) is 13.4. The molecule has 0 fully saturated rings. The Morgan fingerprint density at radius 2 is 1.34 bits per heavy atom. The van der Waals surface area contributed by atoms with Gasteiger partial charge in [0, 0.05) is 34.3 Å². The zero-order valence-electron chi connectivity index (χ0n) is 37.2. The van der Waals surface area contributed by atoms with Gasteiger partial charge in [-0.1, -0.05) is 101 Å². The lowest BCUT2D eigenvalue weighted by Gasteiger charge is -2.43. The maximum atomic E-state index is 6.97. The number of amidine groups is 1. The van der Waals surface area contributed by atoms with Crippen molar-refractivity contribution in [3.63, 3.8) is 0 Å². The van der Waals surface area contributed by atoms with Crippen molar-refractivity contribution in [2.75, 3.05) is 4.90 Å². The van der Waals surface area contributed by atoms with Gasteiger partial charge in [0.15, 0.2) is 0 Å². The molecule has 5 heteroatoms. The molecule has 7 aromatic rings. The average molecular weight is 779 g/mol. The highest BCUT2D eigenvalue weighted by Gasteiger charge is 2.61. The maximum absolute atomic E-state index is 6.97. The van der Waals surface area contributed by atoms with E-state index in [2.05, 4.69) is 197 Å². The molecule has 9 rings (SSSR count). The van der Waals surface area contributed by atoms with Gasteiger partial charge < -0.3 is 9.64 Å². The highest BCUT2D eigenvalue weighted by atomic mass is 16.5. The topological polar surface area (TPSA) is 42.6 Å². The molecule has 3 heterocycles. The van der Waals surface area contributed by atoms with Crippen LogP contribution in [0.15, 0.2) is 108 Å². The lowest BCUT2D eigenvalue weighted by Crippen LogP contribution is -2.54. The molecule has 0 bridgehead atoms. The minimum absolute atomic E-state index is 0.0152. The van der Waals surface area contributed by atoms with Crippen LogP contribution < -0.4 is 9.64 Å². The van der Waals surface area contributed by atoms with E-state index in [9.17, 15) is 0 Å². The summed E-state index contributed by atoms with van der Waals surface area (Å²) in [4.78, 5) is 13.3. The molecule has 2 aromatic heterocycles. The summed E-state index contributed by atoms with van der Waals surface area (Å²) < 4.78 is 9.28. The number of aromatic nitrogens is 2. The number of aliphatic imine (C=N–C) groups is 1. The van der Waals surface area contributed by atoms with E-state index < -0.39 is 5.54 Å². The van der Waals surface area contributed by atoms with Crippen molar-refractivity contribution in [1.82, 2.24) is 9.55 Å². The van der Waals surface area contributed by atoms with E-state index in [1.165, 1.54) is 61.0 Å². The molecular weight excluding hydrogens is 721 g/mol. The molecule has 59 heavy (non-hydrogen) atoms. The predicted octanol–water partition coefficient (Wildman–Crippen LogP) is 13.6. The summed E-state index contributed by atoms with van der Waals surface area (Å²) in [6, 6.07) is 35.9. The molecule has 0 saturated carbocycles. The van der Waals surface area contributed by atoms with Crippen LogP contribution in [-0.4, -0.2) is 20.9 Å². The molecule has 0 saturated heterocycles. The molecule has 1 aliphatic heterocycles. The first-order valence-corrected chi connectivity index (χ1v) is 21.2. The second kappa shape index (κ2) is 13.2. The van der Waals surface area contributed by atoms with Gasteiger partial charge >= 0.3 is 0 Å². The maximum Gasteiger partial charge on any atom is 0.137 e. The predicted molar refractivity (Wildman–Crippen MR) is 248 cm³/mol. The van der Waals surface area contributed by atoms with E-state index in [1.807, 2.05) is 6.20 Å². The molecule has 300 valence electrons. The molecule has 5 nitrogen and oxygen atoms in total. The number of pyridine rings is 1. The van der Waals surface area contributed by atoms with Gasteiger partial charge in [0.2, 0.25) is 0 Å². The molecular formula is C54H58N4O. The second-order valence-corrected chi connectivity index (χ2v) is 19.9. The summed E-state index contributed by atoms with van der Waals surface area (Å²) in [5.41, 5.74) is 15.1. The molecule has 1 aliphatic carbocycles. The van der Waals surface area contributed by atoms with Gasteiger partial charge in [-0.25, -0.2) is 4.98 Å². The first-order chi connectivity index (χ1) is 27.8. The third kappa shape index (κ3) is 6.10. The molecule has 2 atom stereocenters. The number of hydrogen-bond acceptors (Lipinski definition) is 4. The van der Waals surface area contributed by atoms with Crippen molar-refractivity contribution >= 4 is 33.3 Å². The van der Waals surface area contributed by atoms with Crippen LogP contribution in [-0.2, 0) is 22.8 Å². The molecule has 0 unspecified atom stereocenters. The zero-order chi connectivity index (χ0) is 42.0. The van der Waals surface area contributed by atoms with Crippen LogP contribution in [0.3, 0.4) is 0 Å². The molecule has 0 N–H and O–H groups in total. The SMILES string of the molecule is Cc1cc(C)c(N2C(c3ccc(C)c(Oc4ccc5c6cc(C(C)(C)C)ccc6n(-c6cc(C(C)(C)C)ccn6)c5c4)c3)=N[C@]3(C)c4ccc(C)cc4C[C@]23C)c(C)c1. The van der Waals surface area contributed by atoms with Gasteiger partial charge in [-0.05, 0) is 147 Å². The van der Waals surface area contributed by atoms with E-state index in [-0.39, 0.29) is 16.4 Å². The summed E-state index contributed by atoms with van der Waals surface area (Å²) in [5, 5.41) is 2.39. The molecule has 2 aliphatic rings. The number of benzene rings is 5. The quantitative estimate of drug-likeness (QED) is 0.175. The van der Waals surface area contributed by atoms with Crippen molar-refractivity contribution < 1.29 is 4.74 Å². The number of nitrogens with zero attached hydrogens (tertiary/aromatic N) is 4. The highest BCUT2D eigenvalue weighted by molar-refractivity contribution is 6.14. The Morgan fingerprint density at radius 3 is 2.05 bits per heavy atom. The van der Waals surface area contributed by atoms with Crippen LogP contribution in [0.2, 0.25) is 0 Å². The van der Waals surface area contributed by atoms with Crippen molar-refractivity contribution in [3.8, 4) is 17.3 Å². The van der Waals surface area contributed by atoms with Crippen LogP contribution in [0.5, 0.6) is 11.5 Å². The molecule has 0 spiro atoms. The molecule has 0 amide bonds. The van der Waals surface area contributed by atoms with Gasteiger partial charge in [-0.2, -0.15) is 0 Å². The Balaban J connectivity index is 1.19. The fourth-order valence-corrected chi connectivity index (χ4v) is 9.98. The summed E-state index contributed by atoms with van der Waals surface area (Å²) in [7, 11) is 0. The lowest BCUT2D eigenvalue weighted by molar-refractivity contribution is 0.321. The van der Waals surface area contributed by atoms with Gasteiger partial charge in [-0.15, -0.1) is 0 Å². The van der Waals surface area contributed by atoms with Crippen molar-refractivity contribution in [2.24, 2.45) is 4.99 Å². The second-order valence-electron chi connectivity index (χ2n) is 19.9. The monoisotopic (exact) mass is 778 g/mol. The van der Waals surface area contributed by atoms with Crippen LogP contribution in [0.4, 0.5) is 5.69 Å². The van der Waals surface area contributed by atoms with Gasteiger partial charge in [0.05, 0.1) is 16.6 Å². The fourth-order valence-electron chi connectivity index (χ4n) is 9.98. The summed E-state index contributed by atoms with van der Waals surface area (Å²) in [6.07, 6.45) is 2.85. The van der Waals surface area contributed by atoms with Gasteiger partial charge in [0.25, 0.3) is 0 Å².